The summed E-state index contributed by atoms with van der Waals surface area (Å²) in [6, 6.07) is 9.74. The van der Waals surface area contributed by atoms with E-state index in [-0.39, 0.29) is 11.9 Å². The van der Waals surface area contributed by atoms with Crippen molar-refractivity contribution >= 4 is 17.2 Å². The molecule has 1 atom stereocenters. The largest absolute Gasteiger partial charge is 0.486 e. The maximum atomic E-state index is 12.6. The van der Waals surface area contributed by atoms with Crippen molar-refractivity contribution in [3.8, 4) is 21.9 Å². The summed E-state index contributed by atoms with van der Waals surface area (Å²) in [5.74, 6) is 1.53. The number of rotatable bonds is 5. The Morgan fingerprint density at radius 2 is 2.00 bits per heavy atom. The first-order valence-electron chi connectivity index (χ1n) is 7.86. The third-order valence-electron chi connectivity index (χ3n) is 4.03. The molecule has 1 aliphatic rings. The summed E-state index contributed by atoms with van der Waals surface area (Å²) in [6.07, 6.45) is 0. The van der Waals surface area contributed by atoms with E-state index in [1.165, 1.54) is 11.3 Å². The number of carbonyl (C=O) groups is 1. The van der Waals surface area contributed by atoms with Gasteiger partial charge in [0.15, 0.2) is 11.5 Å². The van der Waals surface area contributed by atoms with Crippen molar-refractivity contribution in [3.63, 3.8) is 0 Å². The lowest BCUT2D eigenvalue weighted by Crippen LogP contribution is -2.37. The average Bonchev–Trinajstić information content (AvgIpc) is 3.10. The SMILES string of the molecule is COC[C@H](C)N(C)C(=O)c1ccc(-c2ccc3c(c2)OCCO3)s1. The molecule has 0 spiro atoms. The van der Waals surface area contributed by atoms with Crippen LogP contribution in [0.4, 0.5) is 0 Å². The van der Waals surface area contributed by atoms with Gasteiger partial charge in [-0.25, -0.2) is 0 Å². The van der Waals surface area contributed by atoms with E-state index in [1.54, 1.807) is 19.1 Å². The normalized spacial score (nSPS) is 14.3. The molecule has 2 aromatic rings. The number of carbonyl (C=O) groups excluding carboxylic acids is 1. The van der Waals surface area contributed by atoms with Crippen molar-refractivity contribution in [2.75, 3.05) is 34.0 Å². The lowest BCUT2D eigenvalue weighted by Gasteiger charge is -2.23. The Morgan fingerprint density at radius 3 is 2.75 bits per heavy atom. The van der Waals surface area contributed by atoms with Crippen molar-refractivity contribution in [2.45, 2.75) is 13.0 Å². The van der Waals surface area contributed by atoms with Crippen molar-refractivity contribution in [1.29, 1.82) is 0 Å². The Hall–Kier alpha value is -2.05. The van der Waals surface area contributed by atoms with Crippen molar-refractivity contribution in [1.82, 2.24) is 4.90 Å². The minimum Gasteiger partial charge on any atom is -0.486 e. The van der Waals surface area contributed by atoms with Crippen LogP contribution in [-0.4, -0.2) is 50.8 Å². The van der Waals surface area contributed by atoms with E-state index in [4.69, 9.17) is 14.2 Å². The first-order valence-corrected chi connectivity index (χ1v) is 8.67. The zero-order chi connectivity index (χ0) is 17.1. The molecule has 1 amide bonds. The van der Waals surface area contributed by atoms with E-state index in [0.29, 0.717) is 24.7 Å². The Kier molecular flexibility index (Phi) is 5.06. The van der Waals surface area contributed by atoms with Crippen LogP contribution in [0.3, 0.4) is 0 Å². The van der Waals surface area contributed by atoms with Gasteiger partial charge < -0.3 is 19.1 Å². The number of hydrogen-bond donors (Lipinski definition) is 0. The first kappa shape index (κ1) is 16.8. The summed E-state index contributed by atoms with van der Waals surface area (Å²) >= 11 is 1.48. The summed E-state index contributed by atoms with van der Waals surface area (Å²) in [6.45, 7) is 3.63. The van der Waals surface area contributed by atoms with E-state index in [0.717, 1.165) is 21.9 Å². The van der Waals surface area contributed by atoms with Gasteiger partial charge in [0.25, 0.3) is 5.91 Å². The molecule has 24 heavy (non-hydrogen) atoms. The molecule has 3 rings (SSSR count). The van der Waals surface area contributed by atoms with E-state index in [2.05, 4.69) is 0 Å². The molecule has 128 valence electrons. The monoisotopic (exact) mass is 347 g/mol. The molecular formula is C18H21NO4S. The lowest BCUT2D eigenvalue weighted by atomic mass is 10.1. The van der Waals surface area contributed by atoms with Crippen LogP contribution >= 0.6 is 11.3 Å². The van der Waals surface area contributed by atoms with Gasteiger partial charge in [-0.1, -0.05) is 0 Å². The summed E-state index contributed by atoms with van der Waals surface area (Å²) < 4.78 is 16.3. The Bertz CT molecular complexity index is 728. The number of likely N-dealkylation sites (N-methyl/N-ethyl adjacent to an activating group) is 1. The molecule has 1 aliphatic heterocycles. The number of thiophene rings is 1. The van der Waals surface area contributed by atoms with Crippen molar-refractivity contribution < 1.29 is 19.0 Å². The van der Waals surface area contributed by atoms with Gasteiger partial charge in [-0.05, 0) is 42.8 Å². The van der Waals surface area contributed by atoms with Crippen LogP contribution in [-0.2, 0) is 4.74 Å². The fraction of sp³-hybridized carbons (Fsp3) is 0.389. The molecular weight excluding hydrogens is 326 g/mol. The smallest absolute Gasteiger partial charge is 0.264 e. The highest BCUT2D eigenvalue weighted by molar-refractivity contribution is 7.17. The number of ether oxygens (including phenoxy) is 3. The van der Waals surface area contributed by atoms with E-state index in [9.17, 15) is 4.79 Å². The maximum Gasteiger partial charge on any atom is 0.264 e. The van der Waals surface area contributed by atoms with Gasteiger partial charge >= 0.3 is 0 Å². The minimum atomic E-state index is 0.00773. The number of nitrogens with zero attached hydrogens (tertiary/aromatic N) is 1. The molecule has 1 aromatic carbocycles. The van der Waals surface area contributed by atoms with Gasteiger partial charge in [-0.3, -0.25) is 4.79 Å². The van der Waals surface area contributed by atoms with E-state index >= 15 is 0 Å². The van der Waals surface area contributed by atoms with Crippen molar-refractivity contribution in [3.05, 3.63) is 35.2 Å². The van der Waals surface area contributed by atoms with Crippen LogP contribution in [0.2, 0.25) is 0 Å². The minimum absolute atomic E-state index is 0.00773. The van der Waals surface area contributed by atoms with Crippen LogP contribution in [0.5, 0.6) is 11.5 Å². The number of benzene rings is 1. The molecule has 0 aliphatic carbocycles. The molecule has 0 N–H and O–H groups in total. The summed E-state index contributed by atoms with van der Waals surface area (Å²) in [5, 5.41) is 0. The molecule has 5 nitrogen and oxygen atoms in total. The van der Waals surface area contributed by atoms with Crippen LogP contribution in [0.15, 0.2) is 30.3 Å². The molecule has 0 fully saturated rings. The third kappa shape index (κ3) is 3.39. The standard InChI is InChI=1S/C18H21NO4S/c1-12(11-21-3)19(2)18(20)17-7-6-16(24-17)13-4-5-14-15(10-13)23-9-8-22-14/h4-7,10,12H,8-9,11H2,1-3H3/t12-/m0/s1. The second kappa shape index (κ2) is 7.23. The van der Waals surface area contributed by atoms with Gasteiger partial charge in [-0.2, -0.15) is 0 Å². The number of fused-ring (bicyclic) bond motifs is 1. The Morgan fingerprint density at radius 1 is 1.25 bits per heavy atom. The van der Waals surface area contributed by atoms with Gasteiger partial charge in [0, 0.05) is 19.0 Å². The molecule has 0 bridgehead atoms. The second-order valence-corrected chi connectivity index (χ2v) is 6.83. The van der Waals surface area contributed by atoms with Gasteiger partial charge in [0.2, 0.25) is 0 Å². The molecule has 1 aromatic heterocycles. The predicted octanol–water partition coefficient (Wildman–Crippen LogP) is 3.29. The predicted molar refractivity (Wildman–Crippen MR) is 94.2 cm³/mol. The zero-order valence-corrected chi connectivity index (χ0v) is 14.9. The number of amides is 1. The summed E-state index contributed by atoms with van der Waals surface area (Å²) in [5.41, 5.74) is 1.02. The number of methoxy groups -OCH3 is 1. The van der Waals surface area contributed by atoms with E-state index in [1.807, 2.05) is 37.3 Å². The fourth-order valence-electron chi connectivity index (χ4n) is 2.53. The fourth-order valence-corrected chi connectivity index (χ4v) is 3.52. The lowest BCUT2D eigenvalue weighted by molar-refractivity contribution is 0.0638. The quantitative estimate of drug-likeness (QED) is 0.833. The molecule has 6 heteroatoms. The molecule has 2 heterocycles. The van der Waals surface area contributed by atoms with Crippen LogP contribution < -0.4 is 9.47 Å². The Balaban J connectivity index is 1.79. The van der Waals surface area contributed by atoms with Gasteiger partial charge in [0.1, 0.15) is 13.2 Å². The van der Waals surface area contributed by atoms with E-state index < -0.39 is 0 Å². The first-order chi connectivity index (χ1) is 11.6. The highest BCUT2D eigenvalue weighted by Gasteiger charge is 2.20. The molecule has 0 saturated carbocycles. The maximum absolute atomic E-state index is 12.6. The zero-order valence-electron chi connectivity index (χ0n) is 14.1. The topological polar surface area (TPSA) is 48.0 Å². The second-order valence-electron chi connectivity index (χ2n) is 5.74. The summed E-state index contributed by atoms with van der Waals surface area (Å²) in [7, 11) is 3.44. The average molecular weight is 347 g/mol. The molecule has 0 unspecified atom stereocenters. The number of hydrogen-bond acceptors (Lipinski definition) is 5. The van der Waals surface area contributed by atoms with Crippen molar-refractivity contribution in [2.24, 2.45) is 0 Å². The van der Waals surface area contributed by atoms with Crippen LogP contribution in [0.25, 0.3) is 10.4 Å². The van der Waals surface area contributed by atoms with Crippen LogP contribution in [0, 0.1) is 0 Å². The van der Waals surface area contributed by atoms with Gasteiger partial charge in [0.05, 0.1) is 17.5 Å². The third-order valence-corrected chi connectivity index (χ3v) is 5.16. The summed E-state index contributed by atoms with van der Waals surface area (Å²) in [4.78, 5) is 16.0. The molecule has 0 saturated heterocycles. The highest BCUT2D eigenvalue weighted by Crippen LogP contribution is 2.37. The Labute approximate surface area is 145 Å². The van der Waals surface area contributed by atoms with Crippen LogP contribution in [0.1, 0.15) is 16.6 Å². The molecule has 0 radical (unpaired) electrons. The van der Waals surface area contributed by atoms with Gasteiger partial charge in [-0.15, -0.1) is 11.3 Å². The highest BCUT2D eigenvalue weighted by atomic mass is 32.1.